The Morgan fingerprint density at radius 2 is 1.92 bits per heavy atom. The highest BCUT2D eigenvalue weighted by Crippen LogP contribution is 2.18. The molecule has 2 amide bonds. The summed E-state index contributed by atoms with van der Waals surface area (Å²) in [5.74, 6) is -2.98. The third kappa shape index (κ3) is 4.25. The molecule has 2 aromatic rings. The van der Waals surface area contributed by atoms with E-state index in [2.05, 4.69) is 15.7 Å². The van der Waals surface area contributed by atoms with E-state index in [1.807, 2.05) is 20.9 Å². The summed E-state index contributed by atoms with van der Waals surface area (Å²) in [7, 11) is 3.24. The van der Waals surface area contributed by atoms with Crippen molar-refractivity contribution >= 4 is 11.8 Å². The number of carbonyl (C=O) groups is 2. The molecule has 1 aromatic heterocycles. The van der Waals surface area contributed by atoms with Gasteiger partial charge in [-0.1, -0.05) is 6.07 Å². The van der Waals surface area contributed by atoms with Gasteiger partial charge in [-0.25, -0.2) is 8.78 Å². The Balaban J connectivity index is 2.11. The molecule has 0 bridgehead atoms. The molecule has 2 N–H and O–H groups in total. The van der Waals surface area contributed by atoms with Gasteiger partial charge < -0.3 is 10.6 Å². The van der Waals surface area contributed by atoms with E-state index in [1.54, 1.807) is 4.68 Å². The molecule has 0 aliphatic rings. The zero-order chi connectivity index (χ0) is 19.4. The molecule has 0 aliphatic carbocycles. The Morgan fingerprint density at radius 3 is 2.46 bits per heavy atom. The van der Waals surface area contributed by atoms with Crippen molar-refractivity contribution in [3.8, 4) is 0 Å². The van der Waals surface area contributed by atoms with Gasteiger partial charge in [0.15, 0.2) is 11.6 Å². The Labute approximate surface area is 150 Å². The third-order valence-electron chi connectivity index (χ3n) is 4.35. The fraction of sp³-hybridized carbons (Fsp3) is 0.389. The number of amides is 2. The summed E-state index contributed by atoms with van der Waals surface area (Å²) in [4.78, 5) is 24.4. The zero-order valence-electron chi connectivity index (χ0n) is 15.2. The van der Waals surface area contributed by atoms with E-state index in [1.165, 1.54) is 13.1 Å². The number of aromatic nitrogens is 2. The molecule has 1 unspecified atom stereocenters. The maximum absolute atomic E-state index is 13.5. The topological polar surface area (TPSA) is 76.0 Å². The van der Waals surface area contributed by atoms with Crippen molar-refractivity contribution in [3.05, 3.63) is 52.3 Å². The van der Waals surface area contributed by atoms with Crippen molar-refractivity contribution in [1.82, 2.24) is 20.4 Å². The molecule has 1 heterocycles. The van der Waals surface area contributed by atoms with Crippen LogP contribution in [0.1, 0.15) is 35.0 Å². The average Bonchev–Trinajstić information content (AvgIpc) is 2.85. The van der Waals surface area contributed by atoms with Gasteiger partial charge in [0, 0.05) is 26.2 Å². The van der Waals surface area contributed by atoms with Gasteiger partial charge in [0.1, 0.15) is 6.04 Å². The van der Waals surface area contributed by atoms with Crippen molar-refractivity contribution < 1.29 is 18.4 Å². The summed E-state index contributed by atoms with van der Waals surface area (Å²) >= 11 is 0. The molecule has 0 radical (unpaired) electrons. The first-order chi connectivity index (χ1) is 12.2. The molecular weight excluding hydrogens is 342 g/mol. The lowest BCUT2D eigenvalue weighted by molar-refractivity contribution is -0.128. The predicted molar refractivity (Wildman–Crippen MR) is 92.3 cm³/mol. The molecular formula is C18H22F2N4O2. The summed E-state index contributed by atoms with van der Waals surface area (Å²) in [6, 6.07) is 2.01. The quantitative estimate of drug-likeness (QED) is 0.821. The number of rotatable bonds is 6. The molecule has 1 aromatic carbocycles. The molecule has 140 valence electrons. The SMILES string of the molecule is CNC(=O)C(NC(=O)CCc1c(C)nn(C)c1C)c1ccc(F)c(F)c1. The maximum atomic E-state index is 13.5. The van der Waals surface area contributed by atoms with Gasteiger partial charge in [-0.15, -0.1) is 0 Å². The molecule has 1 atom stereocenters. The van der Waals surface area contributed by atoms with Crippen LogP contribution in [-0.4, -0.2) is 28.6 Å². The number of hydrogen-bond acceptors (Lipinski definition) is 3. The summed E-state index contributed by atoms with van der Waals surface area (Å²) < 4.78 is 28.3. The van der Waals surface area contributed by atoms with Crippen molar-refractivity contribution in [2.24, 2.45) is 7.05 Å². The first kappa shape index (κ1) is 19.6. The van der Waals surface area contributed by atoms with E-state index in [0.717, 1.165) is 29.1 Å². The van der Waals surface area contributed by atoms with Crippen LogP contribution in [0.25, 0.3) is 0 Å². The highest BCUT2D eigenvalue weighted by atomic mass is 19.2. The third-order valence-corrected chi connectivity index (χ3v) is 4.35. The Hall–Kier alpha value is -2.77. The van der Waals surface area contributed by atoms with Crippen molar-refractivity contribution in [2.45, 2.75) is 32.7 Å². The Bertz CT molecular complexity index is 833. The highest BCUT2D eigenvalue weighted by Gasteiger charge is 2.23. The smallest absolute Gasteiger partial charge is 0.246 e. The van der Waals surface area contributed by atoms with Crippen LogP contribution >= 0.6 is 0 Å². The number of nitrogens with one attached hydrogen (secondary N) is 2. The van der Waals surface area contributed by atoms with Crippen LogP contribution in [0.4, 0.5) is 8.78 Å². The van der Waals surface area contributed by atoms with E-state index in [0.29, 0.717) is 6.42 Å². The number of carbonyl (C=O) groups excluding carboxylic acids is 2. The van der Waals surface area contributed by atoms with Gasteiger partial charge in [-0.2, -0.15) is 5.10 Å². The number of aryl methyl sites for hydroxylation is 2. The van der Waals surface area contributed by atoms with E-state index >= 15 is 0 Å². The van der Waals surface area contributed by atoms with E-state index < -0.39 is 23.6 Å². The normalized spacial score (nSPS) is 11.9. The van der Waals surface area contributed by atoms with Crippen LogP contribution in [0, 0.1) is 25.5 Å². The minimum atomic E-state index is -1.10. The standard InChI is InChI=1S/C18H22F2N4O2/c1-10-13(11(2)24(4)23-10)6-8-16(25)22-17(18(26)21-3)12-5-7-14(19)15(20)9-12/h5,7,9,17H,6,8H2,1-4H3,(H,21,26)(H,22,25). The molecule has 26 heavy (non-hydrogen) atoms. The molecule has 0 spiro atoms. The molecule has 0 aliphatic heterocycles. The lowest BCUT2D eigenvalue weighted by Crippen LogP contribution is -2.39. The average molecular weight is 364 g/mol. The van der Waals surface area contributed by atoms with E-state index in [9.17, 15) is 18.4 Å². The van der Waals surface area contributed by atoms with Gasteiger partial charge in [0.25, 0.3) is 0 Å². The zero-order valence-corrected chi connectivity index (χ0v) is 15.2. The number of halogens is 2. The molecule has 6 nitrogen and oxygen atoms in total. The lowest BCUT2D eigenvalue weighted by Gasteiger charge is -2.18. The largest absolute Gasteiger partial charge is 0.357 e. The first-order valence-electron chi connectivity index (χ1n) is 8.19. The van der Waals surface area contributed by atoms with E-state index in [4.69, 9.17) is 0 Å². The highest BCUT2D eigenvalue weighted by molar-refractivity contribution is 5.88. The molecule has 0 saturated heterocycles. The number of benzene rings is 1. The van der Waals surface area contributed by atoms with Gasteiger partial charge in [-0.05, 0) is 43.5 Å². The van der Waals surface area contributed by atoms with Gasteiger partial charge >= 0.3 is 0 Å². The van der Waals surface area contributed by atoms with E-state index in [-0.39, 0.29) is 17.9 Å². The summed E-state index contributed by atoms with van der Waals surface area (Å²) in [5.41, 5.74) is 2.97. The molecule has 0 fully saturated rings. The van der Waals surface area contributed by atoms with Gasteiger partial charge in [-0.3, -0.25) is 14.3 Å². The fourth-order valence-electron chi connectivity index (χ4n) is 2.79. The second kappa shape index (κ2) is 8.07. The molecule has 2 rings (SSSR count). The maximum Gasteiger partial charge on any atom is 0.246 e. The van der Waals surface area contributed by atoms with Crippen LogP contribution in [-0.2, 0) is 23.1 Å². The van der Waals surface area contributed by atoms with Crippen molar-refractivity contribution in [3.63, 3.8) is 0 Å². The minimum absolute atomic E-state index is 0.143. The first-order valence-corrected chi connectivity index (χ1v) is 8.19. The van der Waals surface area contributed by atoms with Crippen LogP contribution in [0.15, 0.2) is 18.2 Å². The lowest BCUT2D eigenvalue weighted by atomic mass is 10.0. The summed E-state index contributed by atoms with van der Waals surface area (Å²) in [5, 5.41) is 9.29. The Kier molecular flexibility index (Phi) is 6.07. The van der Waals surface area contributed by atoms with Crippen LogP contribution in [0.3, 0.4) is 0 Å². The fourth-order valence-corrected chi connectivity index (χ4v) is 2.79. The minimum Gasteiger partial charge on any atom is -0.357 e. The number of nitrogens with zero attached hydrogens (tertiary/aromatic N) is 2. The number of likely N-dealkylation sites (N-methyl/N-ethyl adjacent to an activating group) is 1. The van der Waals surface area contributed by atoms with Gasteiger partial charge in [0.05, 0.1) is 5.69 Å². The molecule has 8 heteroatoms. The second-order valence-corrected chi connectivity index (χ2v) is 6.06. The van der Waals surface area contributed by atoms with Crippen LogP contribution in [0.2, 0.25) is 0 Å². The summed E-state index contributed by atoms with van der Waals surface area (Å²) in [6.45, 7) is 3.79. The number of hydrogen-bond donors (Lipinski definition) is 2. The molecule has 0 saturated carbocycles. The summed E-state index contributed by atoms with van der Waals surface area (Å²) in [6.07, 6.45) is 0.611. The second-order valence-electron chi connectivity index (χ2n) is 6.06. The monoisotopic (exact) mass is 364 g/mol. The van der Waals surface area contributed by atoms with Gasteiger partial charge in [0.2, 0.25) is 11.8 Å². The Morgan fingerprint density at radius 1 is 1.23 bits per heavy atom. The predicted octanol–water partition coefficient (Wildman–Crippen LogP) is 1.85. The van der Waals surface area contributed by atoms with Crippen molar-refractivity contribution in [1.29, 1.82) is 0 Å². The van der Waals surface area contributed by atoms with Crippen LogP contribution < -0.4 is 10.6 Å². The van der Waals surface area contributed by atoms with Crippen molar-refractivity contribution in [2.75, 3.05) is 7.05 Å². The van der Waals surface area contributed by atoms with Crippen LogP contribution in [0.5, 0.6) is 0 Å².